The van der Waals surface area contributed by atoms with Crippen molar-refractivity contribution in [1.82, 2.24) is 15.5 Å². The lowest BCUT2D eigenvalue weighted by Gasteiger charge is -2.35. The molecule has 5 heteroatoms. The number of aliphatic hydroxyl groups is 1. The number of likely N-dealkylation sites (tertiary alicyclic amines) is 1. The van der Waals surface area contributed by atoms with Gasteiger partial charge in [-0.3, -0.25) is 4.99 Å². The number of guanidine groups is 1. The summed E-state index contributed by atoms with van der Waals surface area (Å²) < 4.78 is 0. The third-order valence-electron chi connectivity index (χ3n) is 6.16. The maximum absolute atomic E-state index is 9.47. The first kappa shape index (κ1) is 20.5. The average Bonchev–Trinajstić information content (AvgIpc) is 2.62. The normalized spacial score (nSPS) is 22.8. The van der Waals surface area contributed by atoms with E-state index in [1.165, 1.54) is 64.5 Å². The van der Waals surface area contributed by atoms with Gasteiger partial charge in [0.05, 0.1) is 0 Å². The summed E-state index contributed by atoms with van der Waals surface area (Å²) in [6, 6.07) is 0. The van der Waals surface area contributed by atoms with Gasteiger partial charge >= 0.3 is 0 Å². The molecule has 146 valence electrons. The fourth-order valence-corrected chi connectivity index (χ4v) is 4.36. The van der Waals surface area contributed by atoms with Gasteiger partial charge in [0.1, 0.15) is 0 Å². The lowest BCUT2D eigenvalue weighted by molar-refractivity contribution is 0.137. The van der Waals surface area contributed by atoms with E-state index in [0.29, 0.717) is 0 Å². The van der Waals surface area contributed by atoms with Crippen molar-refractivity contribution in [3.8, 4) is 0 Å². The highest BCUT2D eigenvalue weighted by atomic mass is 16.3. The van der Waals surface area contributed by atoms with E-state index in [1.807, 2.05) is 0 Å². The van der Waals surface area contributed by atoms with Crippen molar-refractivity contribution in [2.75, 3.05) is 46.4 Å². The van der Waals surface area contributed by atoms with Gasteiger partial charge in [0.2, 0.25) is 0 Å². The summed E-state index contributed by atoms with van der Waals surface area (Å²) in [6.07, 6.45) is 11.1. The summed E-state index contributed by atoms with van der Waals surface area (Å²) in [5.41, 5.74) is 0.226. The molecule has 2 aliphatic rings. The van der Waals surface area contributed by atoms with Crippen LogP contribution in [-0.2, 0) is 0 Å². The van der Waals surface area contributed by atoms with Gasteiger partial charge in [-0.15, -0.1) is 0 Å². The first-order valence-corrected chi connectivity index (χ1v) is 10.5. The van der Waals surface area contributed by atoms with Crippen LogP contribution in [0.2, 0.25) is 0 Å². The van der Waals surface area contributed by atoms with E-state index >= 15 is 0 Å². The Labute approximate surface area is 154 Å². The van der Waals surface area contributed by atoms with E-state index in [9.17, 15) is 5.11 Å². The van der Waals surface area contributed by atoms with Crippen molar-refractivity contribution < 1.29 is 5.11 Å². The highest BCUT2D eigenvalue weighted by Gasteiger charge is 2.31. The van der Waals surface area contributed by atoms with E-state index in [-0.39, 0.29) is 12.0 Å². The van der Waals surface area contributed by atoms with Crippen molar-refractivity contribution in [1.29, 1.82) is 0 Å². The topological polar surface area (TPSA) is 59.9 Å². The Morgan fingerprint density at radius 3 is 2.52 bits per heavy atom. The van der Waals surface area contributed by atoms with Crippen LogP contribution in [0.1, 0.15) is 64.7 Å². The molecule has 1 heterocycles. The molecule has 0 amide bonds. The van der Waals surface area contributed by atoms with Crippen LogP contribution in [0.4, 0.5) is 0 Å². The molecule has 0 atom stereocenters. The third kappa shape index (κ3) is 7.14. The number of aliphatic imine (C=N–C) groups is 1. The fourth-order valence-electron chi connectivity index (χ4n) is 4.36. The second-order valence-electron chi connectivity index (χ2n) is 8.19. The predicted octanol–water partition coefficient (Wildman–Crippen LogP) is 2.61. The molecular formula is C20H40N4O. The van der Waals surface area contributed by atoms with Gasteiger partial charge in [-0.1, -0.05) is 19.3 Å². The summed E-state index contributed by atoms with van der Waals surface area (Å²) in [5.74, 6) is 1.81. The van der Waals surface area contributed by atoms with Crippen LogP contribution in [0.5, 0.6) is 0 Å². The summed E-state index contributed by atoms with van der Waals surface area (Å²) in [6.45, 7) is 7.64. The Bertz CT molecular complexity index is 380. The van der Waals surface area contributed by atoms with Crippen molar-refractivity contribution in [2.24, 2.45) is 16.3 Å². The SMILES string of the molecule is CCNC(=NCC1(CCO)CCCCC1)NCCC1CCN(C)CC1. The molecule has 0 aromatic rings. The number of nitrogens with one attached hydrogen (secondary N) is 2. The van der Waals surface area contributed by atoms with Crippen LogP contribution >= 0.6 is 0 Å². The molecule has 0 spiro atoms. The summed E-state index contributed by atoms with van der Waals surface area (Å²) in [5, 5.41) is 16.4. The molecule has 3 N–H and O–H groups in total. The van der Waals surface area contributed by atoms with E-state index in [2.05, 4.69) is 29.5 Å². The molecule has 1 aliphatic carbocycles. The number of nitrogens with zero attached hydrogens (tertiary/aromatic N) is 2. The lowest BCUT2D eigenvalue weighted by Crippen LogP contribution is -2.40. The highest BCUT2D eigenvalue weighted by Crippen LogP contribution is 2.39. The fraction of sp³-hybridized carbons (Fsp3) is 0.950. The number of piperidine rings is 1. The molecule has 1 saturated carbocycles. The Morgan fingerprint density at radius 1 is 1.16 bits per heavy atom. The van der Waals surface area contributed by atoms with Gasteiger partial charge in [0.15, 0.2) is 5.96 Å². The molecule has 0 aromatic heterocycles. The van der Waals surface area contributed by atoms with Crippen molar-refractivity contribution in [3.05, 3.63) is 0 Å². The molecule has 2 rings (SSSR count). The molecule has 5 nitrogen and oxygen atoms in total. The smallest absolute Gasteiger partial charge is 0.191 e. The minimum atomic E-state index is 0.226. The Hall–Kier alpha value is -0.810. The monoisotopic (exact) mass is 352 g/mol. The van der Waals surface area contributed by atoms with Crippen molar-refractivity contribution >= 4 is 5.96 Å². The van der Waals surface area contributed by atoms with E-state index in [0.717, 1.165) is 37.9 Å². The molecule has 1 saturated heterocycles. The molecule has 25 heavy (non-hydrogen) atoms. The molecule has 0 bridgehead atoms. The van der Waals surface area contributed by atoms with Crippen LogP contribution in [0.15, 0.2) is 4.99 Å². The second kappa shape index (κ2) is 11.0. The van der Waals surface area contributed by atoms with Crippen LogP contribution in [0, 0.1) is 11.3 Å². The number of rotatable bonds is 8. The summed E-state index contributed by atoms with van der Waals surface area (Å²) in [4.78, 5) is 7.33. The highest BCUT2D eigenvalue weighted by molar-refractivity contribution is 5.79. The average molecular weight is 353 g/mol. The van der Waals surface area contributed by atoms with Gasteiger partial charge in [0, 0.05) is 26.2 Å². The van der Waals surface area contributed by atoms with Gasteiger partial charge in [-0.2, -0.15) is 0 Å². The van der Waals surface area contributed by atoms with Crippen LogP contribution in [0.25, 0.3) is 0 Å². The van der Waals surface area contributed by atoms with Crippen LogP contribution in [0.3, 0.4) is 0 Å². The molecule has 1 aliphatic heterocycles. The van der Waals surface area contributed by atoms with E-state index < -0.39 is 0 Å². The Balaban J connectivity index is 1.80. The van der Waals surface area contributed by atoms with Crippen molar-refractivity contribution in [3.63, 3.8) is 0 Å². The number of hydrogen-bond donors (Lipinski definition) is 3. The number of aliphatic hydroxyl groups excluding tert-OH is 1. The van der Waals surface area contributed by atoms with Gasteiger partial charge in [-0.25, -0.2) is 0 Å². The second-order valence-corrected chi connectivity index (χ2v) is 8.19. The van der Waals surface area contributed by atoms with Gasteiger partial charge in [0.25, 0.3) is 0 Å². The third-order valence-corrected chi connectivity index (χ3v) is 6.16. The van der Waals surface area contributed by atoms with Crippen LogP contribution < -0.4 is 10.6 Å². The maximum Gasteiger partial charge on any atom is 0.191 e. The first-order valence-electron chi connectivity index (χ1n) is 10.5. The maximum atomic E-state index is 9.47. The van der Waals surface area contributed by atoms with E-state index in [1.54, 1.807) is 0 Å². The molecule has 0 aromatic carbocycles. The molecular weight excluding hydrogens is 312 g/mol. The minimum absolute atomic E-state index is 0.226. The van der Waals surface area contributed by atoms with E-state index in [4.69, 9.17) is 4.99 Å². The Kier molecular flexibility index (Phi) is 9.04. The first-order chi connectivity index (χ1) is 12.2. The Morgan fingerprint density at radius 2 is 1.88 bits per heavy atom. The summed E-state index contributed by atoms with van der Waals surface area (Å²) in [7, 11) is 2.22. The largest absolute Gasteiger partial charge is 0.396 e. The zero-order valence-electron chi connectivity index (χ0n) is 16.5. The molecule has 2 fully saturated rings. The van der Waals surface area contributed by atoms with Gasteiger partial charge < -0.3 is 20.6 Å². The zero-order chi connectivity index (χ0) is 18.0. The van der Waals surface area contributed by atoms with Crippen molar-refractivity contribution in [2.45, 2.75) is 64.7 Å². The predicted molar refractivity (Wildman–Crippen MR) is 106 cm³/mol. The zero-order valence-corrected chi connectivity index (χ0v) is 16.5. The molecule has 0 unspecified atom stereocenters. The molecule has 0 radical (unpaired) electrons. The number of hydrogen-bond acceptors (Lipinski definition) is 3. The van der Waals surface area contributed by atoms with Gasteiger partial charge in [-0.05, 0) is 76.9 Å². The lowest BCUT2D eigenvalue weighted by atomic mass is 9.72. The standard InChI is InChI=1S/C20H40N4O/c1-3-21-19(22-13-7-18-8-14-24(2)15-9-18)23-17-20(12-16-25)10-5-4-6-11-20/h18,25H,3-17H2,1-2H3,(H2,21,22,23). The summed E-state index contributed by atoms with van der Waals surface area (Å²) >= 11 is 0. The van der Waals surface area contributed by atoms with Crippen LogP contribution in [-0.4, -0.2) is 62.3 Å². The minimum Gasteiger partial charge on any atom is -0.396 e. The quantitative estimate of drug-likeness (QED) is 0.464.